The van der Waals surface area contributed by atoms with E-state index in [-0.39, 0.29) is 19.1 Å². The molecule has 0 spiro atoms. The van der Waals surface area contributed by atoms with Crippen LogP contribution in [0.25, 0.3) is 0 Å². The SMILES string of the molecule is Cc1ccc(C(CN2CCN(CC(=O)O)CCN(CC(=O)O)CC2)N(C)C)cc1. The summed E-state index contributed by atoms with van der Waals surface area (Å²) in [5.41, 5.74) is 2.47. The molecule has 1 aliphatic rings. The molecule has 1 aromatic carbocycles. The summed E-state index contributed by atoms with van der Waals surface area (Å²) < 4.78 is 0. The first-order valence-corrected chi connectivity index (χ1v) is 10.1. The standard InChI is InChI=1S/C21H34N4O4/c1-17-4-6-18(7-5-17)19(22(2)3)14-23-8-10-24(15-20(26)27)12-13-25(11-9-23)16-21(28)29/h4-7,19H,8-16H2,1-3H3,(H,26,27)(H,28,29). The Morgan fingerprint density at radius 2 is 1.28 bits per heavy atom. The Hall–Kier alpha value is -2.00. The topological polar surface area (TPSA) is 87.6 Å². The third kappa shape index (κ3) is 8.10. The van der Waals surface area contributed by atoms with Crippen molar-refractivity contribution in [2.24, 2.45) is 0 Å². The predicted molar refractivity (Wildman–Crippen MR) is 112 cm³/mol. The first-order valence-electron chi connectivity index (χ1n) is 10.1. The predicted octanol–water partition coefficient (Wildman–Crippen LogP) is 0.687. The summed E-state index contributed by atoms with van der Waals surface area (Å²) in [6.07, 6.45) is 0. The molecule has 0 saturated carbocycles. The zero-order valence-corrected chi connectivity index (χ0v) is 17.8. The number of aryl methyl sites for hydroxylation is 1. The molecule has 1 saturated heterocycles. The second-order valence-corrected chi connectivity index (χ2v) is 8.03. The van der Waals surface area contributed by atoms with Crippen LogP contribution in [0.3, 0.4) is 0 Å². The Bertz CT molecular complexity index is 637. The van der Waals surface area contributed by atoms with Crippen molar-refractivity contribution >= 4 is 11.9 Å². The number of rotatable bonds is 8. The summed E-state index contributed by atoms with van der Waals surface area (Å²) in [6.45, 7) is 6.76. The van der Waals surface area contributed by atoms with Crippen molar-refractivity contribution in [1.29, 1.82) is 0 Å². The van der Waals surface area contributed by atoms with Gasteiger partial charge < -0.3 is 15.1 Å². The monoisotopic (exact) mass is 406 g/mol. The second kappa shape index (κ2) is 11.3. The molecule has 0 aliphatic carbocycles. The van der Waals surface area contributed by atoms with Crippen molar-refractivity contribution in [3.8, 4) is 0 Å². The number of carboxylic acids is 2. The van der Waals surface area contributed by atoms with E-state index >= 15 is 0 Å². The van der Waals surface area contributed by atoms with Crippen molar-refractivity contribution in [1.82, 2.24) is 19.6 Å². The van der Waals surface area contributed by atoms with Gasteiger partial charge >= 0.3 is 11.9 Å². The lowest BCUT2D eigenvalue weighted by molar-refractivity contribution is -0.140. The summed E-state index contributed by atoms with van der Waals surface area (Å²) in [4.78, 5) is 30.7. The lowest BCUT2D eigenvalue weighted by atomic mass is 10.0. The summed E-state index contributed by atoms with van der Waals surface area (Å²) in [7, 11) is 4.13. The Morgan fingerprint density at radius 1 is 0.862 bits per heavy atom. The van der Waals surface area contributed by atoms with Gasteiger partial charge in [0, 0.05) is 51.9 Å². The molecule has 1 heterocycles. The van der Waals surface area contributed by atoms with E-state index in [1.54, 1.807) is 0 Å². The molecule has 1 atom stereocenters. The Kier molecular flexibility index (Phi) is 9.03. The van der Waals surface area contributed by atoms with Crippen LogP contribution in [0.2, 0.25) is 0 Å². The maximum atomic E-state index is 11.2. The number of likely N-dealkylation sites (N-methyl/N-ethyl adjacent to an activating group) is 1. The van der Waals surface area contributed by atoms with Gasteiger partial charge in [-0.3, -0.25) is 24.3 Å². The minimum atomic E-state index is -0.855. The third-order valence-electron chi connectivity index (χ3n) is 5.43. The van der Waals surface area contributed by atoms with Crippen LogP contribution in [0.5, 0.6) is 0 Å². The fourth-order valence-corrected chi connectivity index (χ4v) is 3.67. The van der Waals surface area contributed by atoms with Crippen LogP contribution < -0.4 is 0 Å². The molecule has 162 valence electrons. The fourth-order valence-electron chi connectivity index (χ4n) is 3.67. The molecule has 1 aromatic rings. The third-order valence-corrected chi connectivity index (χ3v) is 5.43. The van der Waals surface area contributed by atoms with Crippen LogP contribution in [0.1, 0.15) is 17.2 Å². The first-order chi connectivity index (χ1) is 13.7. The molecular weight excluding hydrogens is 372 g/mol. The normalized spacial score (nSPS) is 18.8. The van der Waals surface area contributed by atoms with E-state index in [1.165, 1.54) is 11.1 Å². The van der Waals surface area contributed by atoms with E-state index in [0.29, 0.717) is 26.2 Å². The van der Waals surface area contributed by atoms with Gasteiger partial charge in [0.25, 0.3) is 0 Å². The lowest BCUT2D eigenvalue weighted by Crippen LogP contribution is -2.42. The molecule has 8 heteroatoms. The van der Waals surface area contributed by atoms with Gasteiger partial charge in [-0.15, -0.1) is 0 Å². The number of carboxylic acid groups (broad SMARTS) is 2. The van der Waals surface area contributed by atoms with Crippen LogP contribution in [-0.4, -0.2) is 115 Å². The van der Waals surface area contributed by atoms with Crippen LogP contribution in [0.4, 0.5) is 0 Å². The van der Waals surface area contributed by atoms with E-state index in [0.717, 1.165) is 19.6 Å². The summed E-state index contributed by atoms with van der Waals surface area (Å²) in [5, 5.41) is 18.4. The van der Waals surface area contributed by atoms with Crippen LogP contribution in [-0.2, 0) is 9.59 Å². The highest BCUT2D eigenvalue weighted by atomic mass is 16.4. The molecule has 2 rings (SSSR count). The zero-order valence-electron chi connectivity index (χ0n) is 17.8. The molecule has 29 heavy (non-hydrogen) atoms. The Balaban J connectivity index is 2.13. The molecule has 1 aliphatic heterocycles. The second-order valence-electron chi connectivity index (χ2n) is 8.03. The van der Waals surface area contributed by atoms with E-state index in [4.69, 9.17) is 0 Å². The smallest absolute Gasteiger partial charge is 0.317 e. The number of benzene rings is 1. The van der Waals surface area contributed by atoms with Crippen molar-refractivity contribution in [2.75, 3.05) is 73.0 Å². The van der Waals surface area contributed by atoms with Crippen LogP contribution in [0, 0.1) is 6.92 Å². The lowest BCUT2D eigenvalue weighted by Gasteiger charge is -2.32. The minimum Gasteiger partial charge on any atom is -0.480 e. The van der Waals surface area contributed by atoms with Gasteiger partial charge in [0.2, 0.25) is 0 Å². The van der Waals surface area contributed by atoms with E-state index in [1.807, 2.05) is 9.80 Å². The molecule has 2 N–H and O–H groups in total. The Labute approximate surface area is 173 Å². The van der Waals surface area contributed by atoms with Crippen molar-refractivity contribution in [2.45, 2.75) is 13.0 Å². The van der Waals surface area contributed by atoms with E-state index < -0.39 is 11.9 Å². The highest BCUT2D eigenvalue weighted by molar-refractivity contribution is 5.69. The quantitative estimate of drug-likeness (QED) is 0.652. The average Bonchev–Trinajstić information content (AvgIpc) is 2.72. The van der Waals surface area contributed by atoms with Gasteiger partial charge in [0.1, 0.15) is 0 Å². The van der Waals surface area contributed by atoms with Gasteiger partial charge in [0.05, 0.1) is 13.1 Å². The number of carbonyl (C=O) groups is 2. The molecule has 1 unspecified atom stereocenters. The molecule has 0 amide bonds. The zero-order chi connectivity index (χ0) is 21.4. The maximum absolute atomic E-state index is 11.2. The summed E-state index contributed by atoms with van der Waals surface area (Å²) in [5.74, 6) is -1.71. The molecule has 1 fully saturated rings. The van der Waals surface area contributed by atoms with Crippen LogP contribution in [0.15, 0.2) is 24.3 Å². The van der Waals surface area contributed by atoms with Gasteiger partial charge in [-0.1, -0.05) is 29.8 Å². The van der Waals surface area contributed by atoms with Crippen molar-refractivity contribution in [3.63, 3.8) is 0 Å². The first kappa shape index (κ1) is 23.3. The van der Waals surface area contributed by atoms with Crippen molar-refractivity contribution < 1.29 is 19.8 Å². The number of nitrogens with zero attached hydrogens (tertiary/aromatic N) is 4. The van der Waals surface area contributed by atoms with Gasteiger partial charge in [-0.25, -0.2) is 0 Å². The highest BCUT2D eigenvalue weighted by Crippen LogP contribution is 2.20. The van der Waals surface area contributed by atoms with Crippen LogP contribution >= 0.6 is 0 Å². The minimum absolute atomic E-state index is 0.0240. The Morgan fingerprint density at radius 3 is 1.66 bits per heavy atom. The van der Waals surface area contributed by atoms with E-state index in [2.05, 4.69) is 55.1 Å². The largest absolute Gasteiger partial charge is 0.480 e. The van der Waals surface area contributed by atoms with Gasteiger partial charge in [-0.2, -0.15) is 0 Å². The molecule has 0 radical (unpaired) electrons. The van der Waals surface area contributed by atoms with Gasteiger partial charge in [-0.05, 0) is 26.6 Å². The molecule has 0 bridgehead atoms. The highest BCUT2D eigenvalue weighted by Gasteiger charge is 2.23. The van der Waals surface area contributed by atoms with E-state index in [9.17, 15) is 19.8 Å². The number of aliphatic carboxylic acids is 2. The van der Waals surface area contributed by atoms with Crippen molar-refractivity contribution in [3.05, 3.63) is 35.4 Å². The summed E-state index contributed by atoms with van der Waals surface area (Å²) in [6, 6.07) is 8.76. The molecule has 8 nitrogen and oxygen atoms in total. The maximum Gasteiger partial charge on any atom is 0.317 e. The van der Waals surface area contributed by atoms with Gasteiger partial charge in [0.15, 0.2) is 0 Å². The average molecular weight is 407 g/mol. The number of hydrogen-bond donors (Lipinski definition) is 2. The summed E-state index contributed by atoms with van der Waals surface area (Å²) >= 11 is 0. The fraction of sp³-hybridized carbons (Fsp3) is 0.619. The number of hydrogen-bond acceptors (Lipinski definition) is 6. The molecular formula is C21H34N4O4. The molecule has 0 aromatic heterocycles.